The second kappa shape index (κ2) is 9.83. The summed E-state index contributed by atoms with van der Waals surface area (Å²) in [5.41, 5.74) is 1.24. The van der Waals surface area contributed by atoms with Crippen molar-refractivity contribution in [3.05, 3.63) is 93.1 Å². The molecule has 34 heavy (non-hydrogen) atoms. The Labute approximate surface area is 206 Å². The number of Topliss-reactive ketones (excluding diaryl/α,β-unsaturated/α-hetero) is 1. The molecule has 2 aromatic carbocycles. The van der Waals surface area contributed by atoms with E-state index in [-0.39, 0.29) is 22.9 Å². The third kappa shape index (κ3) is 4.36. The number of benzene rings is 2. The quantitative estimate of drug-likeness (QED) is 0.414. The zero-order chi connectivity index (χ0) is 24.4. The van der Waals surface area contributed by atoms with E-state index in [0.717, 1.165) is 5.56 Å². The molecule has 0 unspecified atom stereocenters. The Hall–Kier alpha value is -3.42. The van der Waals surface area contributed by atoms with Crippen molar-refractivity contribution in [3.63, 3.8) is 0 Å². The first kappa shape index (κ1) is 23.7. The molecule has 0 radical (unpaired) electrons. The smallest absolute Gasteiger partial charge is 0.290 e. The number of amides is 1. The minimum absolute atomic E-state index is 0.00572. The van der Waals surface area contributed by atoms with Crippen molar-refractivity contribution >= 4 is 34.9 Å². The zero-order valence-corrected chi connectivity index (χ0v) is 19.9. The number of ketones is 1. The fraction of sp³-hybridized carbons (Fsp3) is 0.200. The standard InChI is InChI=1S/C25H21Cl2NO6/c1-32-18-8-5-14(12-20(18)33-2)9-10-28-22(16-7-6-15(26)13-17(16)27)21(24(30)25(28)31)23(29)19-4-3-11-34-19/h3-8,11-13,22,30H,9-10H2,1-2H3/t22-/m0/s1. The van der Waals surface area contributed by atoms with Gasteiger partial charge in [-0.05, 0) is 53.9 Å². The van der Waals surface area contributed by atoms with E-state index in [2.05, 4.69) is 0 Å². The predicted molar refractivity (Wildman–Crippen MR) is 127 cm³/mol. The number of hydrogen-bond donors (Lipinski definition) is 1. The van der Waals surface area contributed by atoms with Gasteiger partial charge in [-0.1, -0.05) is 35.3 Å². The summed E-state index contributed by atoms with van der Waals surface area (Å²) in [5, 5.41) is 11.4. The summed E-state index contributed by atoms with van der Waals surface area (Å²) in [4.78, 5) is 27.7. The molecule has 4 rings (SSSR count). The van der Waals surface area contributed by atoms with Gasteiger partial charge < -0.3 is 23.9 Å². The van der Waals surface area contributed by atoms with Crippen LogP contribution in [0.4, 0.5) is 0 Å². The lowest BCUT2D eigenvalue weighted by Crippen LogP contribution is -2.33. The average molecular weight is 502 g/mol. The molecule has 1 aliphatic heterocycles. The molecule has 3 aromatic rings. The van der Waals surface area contributed by atoms with Crippen LogP contribution < -0.4 is 9.47 Å². The van der Waals surface area contributed by atoms with Crippen LogP contribution in [0, 0.1) is 0 Å². The predicted octanol–water partition coefficient (Wildman–Crippen LogP) is 5.42. The van der Waals surface area contributed by atoms with Crippen molar-refractivity contribution in [3.8, 4) is 11.5 Å². The molecule has 0 saturated heterocycles. The molecule has 176 valence electrons. The SMILES string of the molecule is COc1ccc(CCN2C(=O)C(O)=C(C(=O)c3ccco3)[C@@H]2c2ccc(Cl)cc2Cl)cc1OC. The lowest BCUT2D eigenvalue weighted by Gasteiger charge is -2.27. The topological polar surface area (TPSA) is 89.2 Å². The molecule has 1 aliphatic rings. The summed E-state index contributed by atoms with van der Waals surface area (Å²) in [6, 6.07) is 12.3. The van der Waals surface area contributed by atoms with Gasteiger partial charge in [0.25, 0.3) is 5.91 Å². The van der Waals surface area contributed by atoms with Crippen LogP contribution in [-0.4, -0.2) is 42.5 Å². The summed E-state index contributed by atoms with van der Waals surface area (Å²) in [7, 11) is 3.09. The van der Waals surface area contributed by atoms with Gasteiger partial charge in [0.15, 0.2) is 23.0 Å². The number of nitrogens with zero attached hydrogens (tertiary/aromatic N) is 1. The van der Waals surface area contributed by atoms with Crippen LogP contribution in [0.2, 0.25) is 10.0 Å². The van der Waals surface area contributed by atoms with Crippen LogP contribution in [-0.2, 0) is 11.2 Å². The first-order valence-electron chi connectivity index (χ1n) is 10.3. The van der Waals surface area contributed by atoms with Crippen LogP contribution >= 0.6 is 23.2 Å². The lowest BCUT2D eigenvalue weighted by atomic mass is 9.94. The molecular formula is C25H21Cl2NO6. The van der Waals surface area contributed by atoms with Crippen LogP contribution in [0.25, 0.3) is 0 Å². The van der Waals surface area contributed by atoms with Gasteiger partial charge in [0, 0.05) is 16.6 Å². The van der Waals surface area contributed by atoms with E-state index in [1.54, 1.807) is 38.5 Å². The Morgan fingerprint density at radius 3 is 2.50 bits per heavy atom. The number of aliphatic hydroxyl groups excluding tert-OH is 1. The molecule has 0 aliphatic carbocycles. The van der Waals surface area contributed by atoms with Gasteiger partial charge in [0.1, 0.15) is 0 Å². The number of rotatable bonds is 8. The number of furan rings is 1. The van der Waals surface area contributed by atoms with Gasteiger partial charge >= 0.3 is 0 Å². The first-order valence-corrected chi connectivity index (χ1v) is 11.1. The van der Waals surface area contributed by atoms with Crippen LogP contribution in [0.3, 0.4) is 0 Å². The monoisotopic (exact) mass is 501 g/mol. The highest BCUT2D eigenvalue weighted by Gasteiger charge is 2.45. The number of methoxy groups -OCH3 is 2. The van der Waals surface area contributed by atoms with Gasteiger partial charge in [-0.25, -0.2) is 0 Å². The summed E-state index contributed by atoms with van der Waals surface area (Å²) in [6.07, 6.45) is 1.77. The van der Waals surface area contributed by atoms with Crippen molar-refractivity contribution in [1.82, 2.24) is 4.90 Å². The third-order valence-electron chi connectivity index (χ3n) is 5.64. The van der Waals surface area contributed by atoms with Crippen LogP contribution in [0.1, 0.15) is 27.7 Å². The molecule has 1 atom stereocenters. The fourth-order valence-electron chi connectivity index (χ4n) is 3.99. The van der Waals surface area contributed by atoms with Crippen molar-refractivity contribution in [1.29, 1.82) is 0 Å². The van der Waals surface area contributed by atoms with Gasteiger partial charge in [-0.2, -0.15) is 0 Å². The number of aliphatic hydroxyl groups is 1. The highest BCUT2D eigenvalue weighted by atomic mass is 35.5. The van der Waals surface area contributed by atoms with E-state index >= 15 is 0 Å². The van der Waals surface area contributed by atoms with Gasteiger partial charge in [0.2, 0.25) is 5.78 Å². The summed E-state index contributed by atoms with van der Waals surface area (Å²) >= 11 is 12.5. The highest BCUT2D eigenvalue weighted by Crippen LogP contribution is 2.42. The Bertz CT molecular complexity index is 1270. The van der Waals surface area contributed by atoms with Crippen LogP contribution in [0.15, 0.2) is 70.5 Å². The molecule has 1 amide bonds. The molecule has 1 aromatic heterocycles. The van der Waals surface area contributed by atoms with Gasteiger partial charge in [-0.3, -0.25) is 9.59 Å². The zero-order valence-electron chi connectivity index (χ0n) is 18.4. The Morgan fingerprint density at radius 1 is 1.09 bits per heavy atom. The number of carbonyl (C=O) groups excluding carboxylic acids is 2. The number of halogens is 2. The maximum Gasteiger partial charge on any atom is 0.290 e. The van der Waals surface area contributed by atoms with E-state index in [9.17, 15) is 14.7 Å². The van der Waals surface area contributed by atoms with E-state index in [0.29, 0.717) is 28.5 Å². The number of hydrogen-bond acceptors (Lipinski definition) is 6. The van der Waals surface area contributed by atoms with Crippen molar-refractivity contribution in [2.45, 2.75) is 12.5 Å². The van der Waals surface area contributed by atoms with Crippen molar-refractivity contribution in [2.75, 3.05) is 20.8 Å². The lowest BCUT2D eigenvalue weighted by molar-refractivity contribution is -0.129. The van der Waals surface area contributed by atoms with Crippen molar-refractivity contribution in [2.24, 2.45) is 0 Å². The Balaban J connectivity index is 1.71. The van der Waals surface area contributed by atoms with Gasteiger partial charge in [-0.15, -0.1) is 0 Å². The normalized spacial score (nSPS) is 15.7. The number of ether oxygens (including phenoxy) is 2. The molecule has 0 spiro atoms. The third-order valence-corrected chi connectivity index (χ3v) is 6.20. The maximum atomic E-state index is 13.2. The molecule has 0 saturated carbocycles. The number of carbonyl (C=O) groups is 2. The average Bonchev–Trinajstić information content (AvgIpc) is 3.45. The Morgan fingerprint density at radius 2 is 1.85 bits per heavy atom. The second-order valence-corrected chi connectivity index (χ2v) is 8.42. The highest BCUT2D eigenvalue weighted by molar-refractivity contribution is 6.35. The van der Waals surface area contributed by atoms with E-state index in [4.69, 9.17) is 37.1 Å². The van der Waals surface area contributed by atoms with E-state index in [1.807, 2.05) is 12.1 Å². The summed E-state index contributed by atoms with van der Waals surface area (Å²) in [5.74, 6) is -0.762. The largest absolute Gasteiger partial charge is 0.503 e. The van der Waals surface area contributed by atoms with Gasteiger partial charge in [0.05, 0.1) is 32.1 Å². The Kier molecular flexibility index (Phi) is 6.86. The van der Waals surface area contributed by atoms with E-state index in [1.165, 1.54) is 23.3 Å². The van der Waals surface area contributed by atoms with Crippen LogP contribution in [0.5, 0.6) is 11.5 Å². The molecule has 1 N–H and O–H groups in total. The summed E-state index contributed by atoms with van der Waals surface area (Å²) in [6.45, 7) is 0.191. The van der Waals surface area contributed by atoms with Crippen molar-refractivity contribution < 1.29 is 28.6 Å². The first-order chi connectivity index (χ1) is 16.3. The fourth-order valence-corrected chi connectivity index (χ4v) is 4.50. The molecule has 7 nitrogen and oxygen atoms in total. The molecular weight excluding hydrogens is 481 g/mol. The molecule has 9 heteroatoms. The second-order valence-electron chi connectivity index (χ2n) is 7.57. The molecule has 0 bridgehead atoms. The van der Waals surface area contributed by atoms with E-state index < -0.39 is 23.5 Å². The summed E-state index contributed by atoms with van der Waals surface area (Å²) < 4.78 is 15.9. The molecule has 0 fully saturated rings. The molecule has 2 heterocycles. The minimum atomic E-state index is -0.921. The maximum absolute atomic E-state index is 13.2. The minimum Gasteiger partial charge on any atom is -0.503 e.